The molecule has 184 valence electrons. The van der Waals surface area contributed by atoms with Crippen LogP contribution in [0.4, 0.5) is 4.79 Å². The zero-order chi connectivity index (χ0) is 24.9. The van der Waals surface area contributed by atoms with Gasteiger partial charge in [-0.2, -0.15) is 0 Å². The Kier molecular flexibility index (Phi) is 11.1. The van der Waals surface area contributed by atoms with E-state index >= 15 is 0 Å². The average Bonchev–Trinajstić information content (AvgIpc) is 2.84. The van der Waals surface area contributed by atoms with Crippen LogP contribution >= 0.6 is 0 Å². The number of carbonyl (C=O) groups excluding carboxylic acids is 3. The molecule has 0 fully saturated rings. The van der Waals surface area contributed by atoms with Gasteiger partial charge in [-0.3, -0.25) is 9.59 Å². The Morgan fingerprint density at radius 2 is 1.47 bits per heavy atom. The molecule has 0 bridgehead atoms. The lowest BCUT2D eigenvalue weighted by atomic mass is 9.84. The van der Waals surface area contributed by atoms with E-state index in [0.717, 1.165) is 11.1 Å². The normalized spacial score (nSPS) is 13.4. The number of hydrogen-bond acceptors (Lipinski definition) is 6. The summed E-state index contributed by atoms with van der Waals surface area (Å²) in [6.45, 7) is 3.90. The van der Waals surface area contributed by atoms with Crippen molar-refractivity contribution in [2.24, 2.45) is 5.73 Å². The maximum Gasteiger partial charge on any atom is 0.407 e. The highest BCUT2D eigenvalue weighted by molar-refractivity contribution is 5.87. The van der Waals surface area contributed by atoms with Crippen molar-refractivity contribution >= 4 is 18.0 Å². The number of amides is 2. The van der Waals surface area contributed by atoms with Crippen molar-refractivity contribution < 1.29 is 23.9 Å². The number of nitrogens with one attached hydrogen (secondary N) is 2. The van der Waals surface area contributed by atoms with Crippen LogP contribution in [0.3, 0.4) is 0 Å². The number of nitrogens with two attached hydrogens (primary N) is 1. The van der Waals surface area contributed by atoms with E-state index in [9.17, 15) is 14.4 Å². The lowest BCUT2D eigenvalue weighted by Gasteiger charge is -2.29. The van der Waals surface area contributed by atoms with Gasteiger partial charge in [-0.05, 0) is 44.2 Å². The molecule has 0 radical (unpaired) electrons. The molecule has 0 heterocycles. The molecule has 0 aliphatic carbocycles. The fourth-order valence-electron chi connectivity index (χ4n) is 3.80. The summed E-state index contributed by atoms with van der Waals surface area (Å²) in [4.78, 5) is 37.3. The first-order chi connectivity index (χ1) is 16.4. The summed E-state index contributed by atoms with van der Waals surface area (Å²) < 4.78 is 9.73. The minimum Gasteiger partial charge on any atom is -0.465 e. The van der Waals surface area contributed by atoms with Crippen molar-refractivity contribution in [3.63, 3.8) is 0 Å². The molecule has 4 N–H and O–H groups in total. The van der Waals surface area contributed by atoms with Crippen LogP contribution in [0.15, 0.2) is 60.7 Å². The fraction of sp³-hybridized carbons (Fsp3) is 0.423. The maximum absolute atomic E-state index is 13.4. The van der Waals surface area contributed by atoms with Gasteiger partial charge in [0.25, 0.3) is 0 Å². The first-order valence-electron chi connectivity index (χ1n) is 11.5. The SMILES string of the molecule is CCOC(=O)[C@@H](N)CCC[C@H](C)NC(=O)[C@@H](NC(=O)OC)C(c1ccccc1)c1ccccc1. The topological polar surface area (TPSA) is 120 Å². The van der Waals surface area contributed by atoms with Crippen LogP contribution in [0.1, 0.15) is 50.2 Å². The van der Waals surface area contributed by atoms with E-state index in [1.54, 1.807) is 6.92 Å². The summed E-state index contributed by atoms with van der Waals surface area (Å²) in [5.74, 6) is -1.17. The molecule has 0 aromatic heterocycles. The Hall–Kier alpha value is -3.39. The smallest absolute Gasteiger partial charge is 0.407 e. The van der Waals surface area contributed by atoms with Gasteiger partial charge in [-0.15, -0.1) is 0 Å². The second-order valence-corrected chi connectivity index (χ2v) is 8.11. The van der Waals surface area contributed by atoms with Crippen LogP contribution in [0, 0.1) is 0 Å². The van der Waals surface area contributed by atoms with E-state index in [2.05, 4.69) is 10.6 Å². The molecular formula is C26H35N3O5. The molecule has 2 aromatic rings. The third-order valence-corrected chi connectivity index (χ3v) is 5.52. The predicted octanol–water partition coefficient (Wildman–Crippen LogP) is 3.11. The fourth-order valence-corrected chi connectivity index (χ4v) is 3.80. The molecule has 3 atom stereocenters. The number of benzene rings is 2. The van der Waals surface area contributed by atoms with E-state index in [0.29, 0.717) is 19.3 Å². The van der Waals surface area contributed by atoms with Gasteiger partial charge in [0.1, 0.15) is 12.1 Å². The number of carbonyl (C=O) groups is 3. The van der Waals surface area contributed by atoms with E-state index in [-0.39, 0.29) is 18.6 Å². The zero-order valence-electron chi connectivity index (χ0n) is 20.0. The van der Waals surface area contributed by atoms with Gasteiger partial charge in [0.2, 0.25) is 5.91 Å². The Morgan fingerprint density at radius 3 is 1.97 bits per heavy atom. The quantitative estimate of drug-likeness (QED) is 0.411. The second kappa shape index (κ2) is 14.0. The van der Waals surface area contributed by atoms with Crippen LogP contribution < -0.4 is 16.4 Å². The summed E-state index contributed by atoms with van der Waals surface area (Å²) in [7, 11) is 1.26. The van der Waals surface area contributed by atoms with Crippen molar-refractivity contribution in [2.45, 2.75) is 57.2 Å². The third kappa shape index (κ3) is 8.19. The first kappa shape index (κ1) is 26.9. The van der Waals surface area contributed by atoms with Crippen LogP contribution in [0.5, 0.6) is 0 Å². The third-order valence-electron chi connectivity index (χ3n) is 5.52. The van der Waals surface area contributed by atoms with E-state index < -0.39 is 30.1 Å². The van der Waals surface area contributed by atoms with Crippen molar-refractivity contribution in [1.82, 2.24) is 10.6 Å². The largest absolute Gasteiger partial charge is 0.465 e. The predicted molar refractivity (Wildman–Crippen MR) is 130 cm³/mol. The summed E-state index contributed by atoms with van der Waals surface area (Å²) in [5, 5.41) is 5.71. The molecule has 0 saturated heterocycles. The minimum atomic E-state index is -0.901. The standard InChI is InChI=1S/C26H35N3O5/c1-4-34-25(31)21(27)17-11-12-18(2)28-24(30)23(29-26(32)33-3)22(19-13-7-5-8-14-19)20-15-9-6-10-16-20/h5-10,13-16,18,21-23H,4,11-12,17,27H2,1-3H3,(H,28,30)(H,29,32)/t18-,21-,23-/m0/s1. The van der Waals surface area contributed by atoms with Crippen LogP contribution in [-0.4, -0.2) is 49.8 Å². The number of alkyl carbamates (subject to hydrolysis) is 1. The lowest BCUT2D eigenvalue weighted by molar-refractivity contribution is -0.144. The van der Waals surface area contributed by atoms with Crippen molar-refractivity contribution in [1.29, 1.82) is 0 Å². The molecule has 8 heteroatoms. The van der Waals surface area contributed by atoms with Crippen molar-refractivity contribution in [2.75, 3.05) is 13.7 Å². The monoisotopic (exact) mass is 469 g/mol. The molecular weight excluding hydrogens is 434 g/mol. The van der Waals surface area contributed by atoms with Gasteiger partial charge >= 0.3 is 12.1 Å². The zero-order valence-corrected chi connectivity index (χ0v) is 20.0. The van der Waals surface area contributed by atoms with E-state index in [1.807, 2.05) is 67.6 Å². The molecule has 0 aliphatic rings. The molecule has 0 aliphatic heterocycles. The molecule has 0 unspecified atom stereocenters. The molecule has 34 heavy (non-hydrogen) atoms. The van der Waals surface area contributed by atoms with Gasteiger partial charge in [-0.1, -0.05) is 60.7 Å². The Morgan fingerprint density at radius 1 is 0.912 bits per heavy atom. The van der Waals surface area contributed by atoms with Gasteiger partial charge in [0, 0.05) is 12.0 Å². The number of esters is 1. The number of hydrogen-bond donors (Lipinski definition) is 3. The first-order valence-corrected chi connectivity index (χ1v) is 11.5. The number of methoxy groups -OCH3 is 1. The van der Waals surface area contributed by atoms with Crippen molar-refractivity contribution in [3.05, 3.63) is 71.8 Å². The lowest BCUT2D eigenvalue weighted by Crippen LogP contribution is -2.52. The minimum absolute atomic E-state index is 0.198. The van der Waals surface area contributed by atoms with Crippen LogP contribution in [0.2, 0.25) is 0 Å². The molecule has 2 aromatic carbocycles. The summed E-state index contributed by atoms with van der Waals surface area (Å²) in [6.07, 6.45) is 1.02. The van der Waals surface area contributed by atoms with Gasteiger partial charge in [0.05, 0.1) is 13.7 Å². The number of rotatable bonds is 12. The van der Waals surface area contributed by atoms with Crippen molar-refractivity contribution in [3.8, 4) is 0 Å². The molecule has 2 amide bonds. The van der Waals surface area contributed by atoms with Gasteiger partial charge < -0.3 is 25.8 Å². The van der Waals surface area contributed by atoms with E-state index in [1.165, 1.54) is 7.11 Å². The Balaban J connectivity index is 2.16. The van der Waals surface area contributed by atoms with Crippen LogP contribution in [0.25, 0.3) is 0 Å². The van der Waals surface area contributed by atoms with Gasteiger partial charge in [0.15, 0.2) is 0 Å². The molecule has 2 rings (SSSR count). The average molecular weight is 470 g/mol. The highest BCUT2D eigenvalue weighted by Gasteiger charge is 2.33. The molecule has 0 spiro atoms. The van der Waals surface area contributed by atoms with E-state index in [4.69, 9.17) is 15.2 Å². The highest BCUT2D eigenvalue weighted by Crippen LogP contribution is 2.28. The summed E-state index contributed by atoms with van der Waals surface area (Å²) >= 11 is 0. The summed E-state index contributed by atoms with van der Waals surface area (Å²) in [6, 6.07) is 17.3. The van der Waals surface area contributed by atoms with Gasteiger partial charge in [-0.25, -0.2) is 4.79 Å². The van der Waals surface area contributed by atoms with Crippen LogP contribution in [-0.2, 0) is 19.1 Å². The molecule has 8 nitrogen and oxygen atoms in total. The second-order valence-electron chi connectivity index (χ2n) is 8.11. The number of ether oxygens (including phenoxy) is 2. The highest BCUT2D eigenvalue weighted by atomic mass is 16.5. The Labute approximate surface area is 201 Å². The maximum atomic E-state index is 13.4. The molecule has 0 saturated carbocycles. The summed E-state index contributed by atoms with van der Waals surface area (Å²) in [5.41, 5.74) is 7.63. The Bertz CT molecular complexity index is 868.